The number of para-hydroxylation sites is 1. The highest BCUT2D eigenvalue weighted by atomic mass is 79.9. The minimum atomic E-state index is -0.0659. The average Bonchev–Trinajstić information content (AvgIpc) is 2.96. The Kier molecular flexibility index (Phi) is 4.27. The van der Waals surface area contributed by atoms with Gasteiger partial charge >= 0.3 is 0 Å². The van der Waals surface area contributed by atoms with Crippen LogP contribution in [0.4, 0.5) is 0 Å². The number of carbonyl (C=O) groups is 1. The fraction of sp³-hybridized carbons (Fsp3) is 0.176. The van der Waals surface area contributed by atoms with Gasteiger partial charge in [0.25, 0.3) is 5.91 Å². The van der Waals surface area contributed by atoms with Gasteiger partial charge in [-0.05, 0) is 37.3 Å². The molecule has 1 atom stereocenters. The molecule has 0 unspecified atom stereocenters. The molecule has 1 heterocycles. The molecule has 3 rings (SSSR count). The summed E-state index contributed by atoms with van der Waals surface area (Å²) in [4.78, 5) is 19.0. The van der Waals surface area contributed by atoms with E-state index in [0.717, 1.165) is 19.7 Å². The number of rotatable bonds is 3. The van der Waals surface area contributed by atoms with Crippen LogP contribution in [0.1, 0.15) is 28.3 Å². The van der Waals surface area contributed by atoms with E-state index >= 15 is 0 Å². The van der Waals surface area contributed by atoms with E-state index in [1.165, 1.54) is 0 Å². The van der Waals surface area contributed by atoms with Crippen molar-refractivity contribution in [2.75, 3.05) is 7.05 Å². The van der Waals surface area contributed by atoms with Gasteiger partial charge in [0.2, 0.25) is 0 Å². The first-order valence-corrected chi connectivity index (χ1v) is 8.55. The number of halogens is 1. The highest BCUT2D eigenvalue weighted by Crippen LogP contribution is 2.29. The third kappa shape index (κ3) is 2.91. The maximum atomic E-state index is 12.6. The lowest BCUT2D eigenvalue weighted by atomic mass is 10.2. The molecular weight excluding hydrogens is 360 g/mol. The number of fused-ring (bicyclic) bond motifs is 1. The van der Waals surface area contributed by atoms with Gasteiger partial charge in [-0.15, -0.1) is 11.3 Å². The Morgan fingerprint density at radius 2 is 2.00 bits per heavy atom. The number of hydrogen-bond donors (Lipinski definition) is 0. The van der Waals surface area contributed by atoms with E-state index in [0.29, 0.717) is 5.56 Å². The molecule has 1 aromatic heterocycles. The number of thiazole rings is 1. The fourth-order valence-electron chi connectivity index (χ4n) is 2.24. The summed E-state index contributed by atoms with van der Waals surface area (Å²) in [6.45, 7) is 2.01. The van der Waals surface area contributed by atoms with Gasteiger partial charge in [0, 0.05) is 17.1 Å². The molecule has 0 saturated carbocycles. The molecule has 0 spiro atoms. The smallest absolute Gasteiger partial charge is 0.254 e. The molecular formula is C17H15BrN2OS. The van der Waals surface area contributed by atoms with Crippen LogP contribution in [0, 0.1) is 0 Å². The van der Waals surface area contributed by atoms with Crippen LogP contribution in [-0.2, 0) is 0 Å². The molecule has 22 heavy (non-hydrogen) atoms. The van der Waals surface area contributed by atoms with Crippen molar-refractivity contribution in [2.45, 2.75) is 13.0 Å². The standard InChI is InChI=1S/C17H15BrN2OS/c1-11(16-19-14-8-3-4-9-15(14)22-16)20(2)17(21)12-6-5-7-13(18)10-12/h3-11H,1-2H3/t11-/m1/s1. The minimum Gasteiger partial charge on any atom is -0.333 e. The topological polar surface area (TPSA) is 33.2 Å². The Labute approximate surface area is 141 Å². The number of hydrogen-bond acceptors (Lipinski definition) is 3. The zero-order valence-corrected chi connectivity index (χ0v) is 14.7. The molecule has 0 aliphatic heterocycles. The first-order valence-electron chi connectivity index (χ1n) is 6.94. The summed E-state index contributed by atoms with van der Waals surface area (Å²) in [7, 11) is 1.82. The molecule has 5 heteroatoms. The molecule has 0 radical (unpaired) electrons. The molecule has 0 bridgehead atoms. The van der Waals surface area contributed by atoms with E-state index < -0.39 is 0 Å². The van der Waals surface area contributed by atoms with Crippen LogP contribution in [0.5, 0.6) is 0 Å². The Hall–Kier alpha value is -1.72. The van der Waals surface area contributed by atoms with Gasteiger partial charge < -0.3 is 4.90 Å². The quantitative estimate of drug-likeness (QED) is 0.653. The molecule has 0 N–H and O–H groups in total. The van der Waals surface area contributed by atoms with Gasteiger partial charge in [-0.25, -0.2) is 4.98 Å². The first kappa shape index (κ1) is 15.2. The summed E-state index contributed by atoms with van der Waals surface area (Å²) in [5.74, 6) is -0.00643. The van der Waals surface area contributed by atoms with Crippen molar-refractivity contribution in [3.05, 3.63) is 63.6 Å². The molecule has 3 aromatic rings. The van der Waals surface area contributed by atoms with E-state index in [1.807, 2.05) is 56.4 Å². The van der Waals surface area contributed by atoms with Crippen LogP contribution in [0.3, 0.4) is 0 Å². The lowest BCUT2D eigenvalue weighted by Gasteiger charge is -2.23. The van der Waals surface area contributed by atoms with E-state index in [1.54, 1.807) is 16.2 Å². The van der Waals surface area contributed by atoms with E-state index in [-0.39, 0.29) is 11.9 Å². The monoisotopic (exact) mass is 374 g/mol. The summed E-state index contributed by atoms with van der Waals surface area (Å²) >= 11 is 5.04. The summed E-state index contributed by atoms with van der Waals surface area (Å²) < 4.78 is 2.05. The van der Waals surface area contributed by atoms with Gasteiger partial charge in [0.1, 0.15) is 5.01 Å². The summed E-state index contributed by atoms with van der Waals surface area (Å²) in [5, 5.41) is 0.951. The minimum absolute atomic E-state index is 0.00643. The van der Waals surface area contributed by atoms with Crippen molar-refractivity contribution in [1.29, 1.82) is 0 Å². The normalized spacial score (nSPS) is 12.3. The number of benzene rings is 2. The second kappa shape index (κ2) is 6.18. The van der Waals surface area contributed by atoms with Crippen LogP contribution in [0.2, 0.25) is 0 Å². The van der Waals surface area contributed by atoms with Crippen LogP contribution >= 0.6 is 27.3 Å². The molecule has 1 amide bonds. The van der Waals surface area contributed by atoms with Crippen LogP contribution in [0.15, 0.2) is 53.0 Å². The number of aromatic nitrogens is 1. The molecule has 3 nitrogen and oxygen atoms in total. The van der Waals surface area contributed by atoms with Gasteiger partial charge in [-0.2, -0.15) is 0 Å². The van der Waals surface area contributed by atoms with Crippen molar-refractivity contribution < 1.29 is 4.79 Å². The molecule has 0 fully saturated rings. The van der Waals surface area contributed by atoms with E-state index in [2.05, 4.69) is 27.0 Å². The van der Waals surface area contributed by atoms with Gasteiger partial charge in [-0.3, -0.25) is 4.79 Å². The summed E-state index contributed by atoms with van der Waals surface area (Å²) in [6, 6.07) is 15.4. The third-order valence-corrected chi connectivity index (χ3v) is 5.34. The average molecular weight is 375 g/mol. The lowest BCUT2D eigenvalue weighted by molar-refractivity contribution is 0.0742. The van der Waals surface area contributed by atoms with Crippen molar-refractivity contribution in [3.8, 4) is 0 Å². The summed E-state index contributed by atoms with van der Waals surface area (Å²) in [6.07, 6.45) is 0. The Bertz CT molecular complexity index is 797. The molecule has 0 aliphatic carbocycles. The number of amides is 1. The fourth-order valence-corrected chi connectivity index (χ4v) is 3.70. The molecule has 0 aliphatic rings. The van der Waals surface area contributed by atoms with Crippen LogP contribution < -0.4 is 0 Å². The zero-order valence-electron chi connectivity index (χ0n) is 12.3. The SMILES string of the molecule is C[C@H](c1nc2ccccc2s1)N(C)C(=O)c1cccc(Br)c1. The lowest BCUT2D eigenvalue weighted by Crippen LogP contribution is -2.29. The van der Waals surface area contributed by atoms with Crippen molar-refractivity contribution in [1.82, 2.24) is 9.88 Å². The highest BCUT2D eigenvalue weighted by molar-refractivity contribution is 9.10. The predicted octanol–water partition coefficient (Wildman–Crippen LogP) is 4.89. The van der Waals surface area contributed by atoms with Gasteiger partial charge in [0.05, 0.1) is 16.3 Å². The van der Waals surface area contributed by atoms with E-state index in [4.69, 9.17) is 0 Å². The highest BCUT2D eigenvalue weighted by Gasteiger charge is 2.21. The predicted molar refractivity (Wildman–Crippen MR) is 94.3 cm³/mol. The molecule has 0 saturated heterocycles. The zero-order chi connectivity index (χ0) is 15.7. The van der Waals surface area contributed by atoms with Crippen molar-refractivity contribution in [3.63, 3.8) is 0 Å². The maximum absolute atomic E-state index is 12.6. The second-order valence-corrected chi connectivity index (χ2v) is 7.10. The molecule has 2 aromatic carbocycles. The van der Waals surface area contributed by atoms with Gasteiger partial charge in [0.15, 0.2) is 0 Å². The van der Waals surface area contributed by atoms with Crippen LogP contribution in [-0.4, -0.2) is 22.8 Å². The van der Waals surface area contributed by atoms with Gasteiger partial charge in [-0.1, -0.05) is 34.1 Å². The maximum Gasteiger partial charge on any atom is 0.254 e. The summed E-state index contributed by atoms with van der Waals surface area (Å²) in [5.41, 5.74) is 1.66. The Morgan fingerprint density at radius 3 is 2.73 bits per heavy atom. The van der Waals surface area contributed by atoms with E-state index in [9.17, 15) is 4.79 Å². The Morgan fingerprint density at radius 1 is 1.23 bits per heavy atom. The molecule has 112 valence electrons. The van der Waals surface area contributed by atoms with Crippen molar-refractivity contribution >= 4 is 43.4 Å². The third-order valence-electron chi connectivity index (χ3n) is 3.64. The first-order chi connectivity index (χ1) is 10.6. The van der Waals surface area contributed by atoms with Crippen molar-refractivity contribution in [2.24, 2.45) is 0 Å². The Balaban J connectivity index is 1.87. The second-order valence-electron chi connectivity index (χ2n) is 5.12. The number of nitrogens with zero attached hydrogens (tertiary/aromatic N) is 2. The largest absolute Gasteiger partial charge is 0.333 e. The number of carbonyl (C=O) groups excluding carboxylic acids is 1. The van der Waals surface area contributed by atoms with Crippen LogP contribution in [0.25, 0.3) is 10.2 Å².